The fourth-order valence-electron chi connectivity index (χ4n) is 4.35. The van der Waals surface area contributed by atoms with Crippen molar-refractivity contribution in [3.63, 3.8) is 0 Å². The lowest BCUT2D eigenvalue weighted by Gasteiger charge is -2.50. The Balaban J connectivity index is 1.88. The van der Waals surface area contributed by atoms with Crippen LogP contribution in [-0.2, 0) is 0 Å². The Labute approximate surface area is 166 Å². The van der Waals surface area contributed by atoms with E-state index in [4.69, 9.17) is 0 Å². The molecule has 0 bridgehead atoms. The van der Waals surface area contributed by atoms with Crippen molar-refractivity contribution < 1.29 is 4.79 Å². The number of fused-ring (bicyclic) bond motifs is 1. The van der Waals surface area contributed by atoms with Crippen molar-refractivity contribution in [2.24, 2.45) is 5.10 Å². The lowest BCUT2D eigenvalue weighted by molar-refractivity contribution is 0.0959. The Morgan fingerprint density at radius 2 is 2.15 bits per heavy atom. The van der Waals surface area contributed by atoms with Crippen LogP contribution in [0.1, 0.15) is 73.3 Å². The molecule has 2 heterocycles. The molecule has 144 valence electrons. The molecule has 0 aliphatic carbocycles. The summed E-state index contributed by atoms with van der Waals surface area (Å²) in [5, 5.41) is 6.07. The molecule has 1 aromatic carbocycles. The number of nitrogens with zero attached hydrogens (tertiary/aromatic N) is 2. The third kappa shape index (κ3) is 3.93. The topological polar surface area (TPSA) is 44.7 Å². The van der Waals surface area contributed by atoms with Gasteiger partial charge in [0.2, 0.25) is 0 Å². The van der Waals surface area contributed by atoms with Crippen molar-refractivity contribution in [1.29, 1.82) is 0 Å². The lowest BCUT2D eigenvalue weighted by Crippen LogP contribution is -2.51. The van der Waals surface area contributed by atoms with Gasteiger partial charge in [-0.2, -0.15) is 5.10 Å². The zero-order valence-electron chi connectivity index (χ0n) is 17.0. The van der Waals surface area contributed by atoms with Crippen LogP contribution in [0.15, 0.2) is 34.7 Å². The normalized spacial score (nSPS) is 18.8. The number of anilines is 1. The average Bonchev–Trinajstić information content (AvgIpc) is 3.09. The molecule has 0 saturated heterocycles. The van der Waals surface area contributed by atoms with Crippen LogP contribution in [0.4, 0.5) is 5.69 Å². The number of thiophene rings is 1. The van der Waals surface area contributed by atoms with Crippen molar-refractivity contribution in [2.75, 3.05) is 4.90 Å². The smallest absolute Gasteiger partial charge is 0.281 e. The number of nitrogens with one attached hydrogen (secondary N) is 1. The van der Waals surface area contributed by atoms with E-state index in [9.17, 15) is 4.79 Å². The Morgan fingerprint density at radius 1 is 1.41 bits per heavy atom. The Bertz CT molecular complexity index is 853. The van der Waals surface area contributed by atoms with E-state index in [0.717, 1.165) is 12.0 Å². The van der Waals surface area contributed by atoms with Crippen molar-refractivity contribution in [3.8, 4) is 0 Å². The molecule has 5 heteroatoms. The minimum absolute atomic E-state index is 0.136. The van der Waals surface area contributed by atoms with E-state index >= 15 is 0 Å². The van der Waals surface area contributed by atoms with E-state index in [2.05, 4.69) is 69.1 Å². The van der Waals surface area contributed by atoms with Gasteiger partial charge in [-0.25, -0.2) is 5.43 Å². The third-order valence-electron chi connectivity index (χ3n) is 5.29. The monoisotopic (exact) mass is 383 g/mol. The van der Waals surface area contributed by atoms with Crippen LogP contribution in [0, 0.1) is 6.92 Å². The summed E-state index contributed by atoms with van der Waals surface area (Å²) in [4.78, 5) is 15.2. The van der Waals surface area contributed by atoms with Crippen LogP contribution >= 0.6 is 11.3 Å². The fraction of sp³-hybridized carbons (Fsp3) is 0.455. The molecule has 0 radical (unpaired) electrons. The average molecular weight is 384 g/mol. The highest BCUT2D eigenvalue weighted by Gasteiger charge is 2.37. The second kappa shape index (κ2) is 7.47. The first-order chi connectivity index (χ1) is 12.7. The zero-order chi connectivity index (χ0) is 19.8. The summed E-state index contributed by atoms with van der Waals surface area (Å²) >= 11 is 1.41. The number of carbonyl (C=O) groups is 1. The summed E-state index contributed by atoms with van der Waals surface area (Å²) < 4.78 is 0. The summed E-state index contributed by atoms with van der Waals surface area (Å²) in [5.41, 5.74) is 7.66. The quantitative estimate of drug-likeness (QED) is 0.573. The predicted molar refractivity (Wildman–Crippen MR) is 115 cm³/mol. The Morgan fingerprint density at radius 3 is 2.78 bits per heavy atom. The molecule has 1 N–H and O–H groups in total. The maximum atomic E-state index is 12.0. The SMILES string of the molecule is Cc1cc2c(cc1/C=N/NC(=O)c1cccs1)[C@H](C)CC(C)(C)N2C(C)C. The van der Waals surface area contributed by atoms with E-state index in [0.29, 0.717) is 16.8 Å². The minimum Gasteiger partial charge on any atom is -0.364 e. The van der Waals surface area contributed by atoms with Crippen molar-refractivity contribution in [3.05, 3.63) is 51.2 Å². The van der Waals surface area contributed by atoms with Gasteiger partial charge < -0.3 is 4.90 Å². The molecule has 1 amide bonds. The highest BCUT2D eigenvalue weighted by atomic mass is 32.1. The molecule has 2 aromatic rings. The molecule has 0 fully saturated rings. The highest BCUT2D eigenvalue weighted by Crippen LogP contribution is 2.45. The van der Waals surface area contributed by atoms with Crippen molar-refractivity contribution in [2.45, 2.75) is 65.5 Å². The number of hydrazone groups is 1. The zero-order valence-corrected chi connectivity index (χ0v) is 17.9. The maximum absolute atomic E-state index is 12.0. The second-order valence-corrected chi connectivity index (χ2v) is 9.27. The Kier molecular flexibility index (Phi) is 5.43. The number of benzene rings is 1. The molecule has 1 aliphatic rings. The van der Waals surface area contributed by atoms with Gasteiger partial charge in [-0.15, -0.1) is 11.3 Å². The van der Waals surface area contributed by atoms with Gasteiger partial charge in [-0.3, -0.25) is 4.79 Å². The summed E-state index contributed by atoms with van der Waals surface area (Å²) in [6, 6.07) is 8.61. The predicted octanol–water partition coefficient (Wildman–Crippen LogP) is 5.32. The summed E-state index contributed by atoms with van der Waals surface area (Å²) in [7, 11) is 0. The van der Waals surface area contributed by atoms with E-state index in [1.165, 1.54) is 28.2 Å². The first-order valence-electron chi connectivity index (χ1n) is 9.51. The molecule has 27 heavy (non-hydrogen) atoms. The minimum atomic E-state index is -0.169. The maximum Gasteiger partial charge on any atom is 0.281 e. The van der Waals surface area contributed by atoms with Gasteiger partial charge in [0.1, 0.15) is 0 Å². The first-order valence-corrected chi connectivity index (χ1v) is 10.4. The summed E-state index contributed by atoms with van der Waals surface area (Å²) in [6.45, 7) is 13.6. The number of carbonyl (C=O) groups excluding carboxylic acids is 1. The van der Waals surface area contributed by atoms with Crippen LogP contribution in [0.25, 0.3) is 0 Å². The third-order valence-corrected chi connectivity index (χ3v) is 6.16. The van der Waals surface area contributed by atoms with E-state index < -0.39 is 0 Å². The van der Waals surface area contributed by atoms with Gasteiger partial charge in [0.05, 0.1) is 11.1 Å². The van der Waals surface area contributed by atoms with Gasteiger partial charge in [0.15, 0.2) is 0 Å². The lowest BCUT2D eigenvalue weighted by atomic mass is 9.78. The van der Waals surface area contributed by atoms with Crippen LogP contribution in [0.5, 0.6) is 0 Å². The van der Waals surface area contributed by atoms with Crippen LogP contribution in [0.2, 0.25) is 0 Å². The van der Waals surface area contributed by atoms with Crippen LogP contribution in [0.3, 0.4) is 0 Å². The van der Waals surface area contributed by atoms with Crippen LogP contribution < -0.4 is 10.3 Å². The number of hydrogen-bond acceptors (Lipinski definition) is 4. The van der Waals surface area contributed by atoms with E-state index in [-0.39, 0.29) is 11.4 Å². The summed E-state index contributed by atoms with van der Waals surface area (Å²) in [5.74, 6) is 0.316. The van der Waals surface area contributed by atoms with E-state index in [1.807, 2.05) is 11.4 Å². The van der Waals surface area contributed by atoms with Crippen molar-refractivity contribution in [1.82, 2.24) is 5.43 Å². The highest BCUT2D eigenvalue weighted by molar-refractivity contribution is 7.12. The summed E-state index contributed by atoms with van der Waals surface area (Å²) in [6.07, 6.45) is 2.88. The van der Waals surface area contributed by atoms with E-state index in [1.54, 1.807) is 12.3 Å². The second-order valence-electron chi connectivity index (χ2n) is 8.33. The first kappa shape index (κ1) is 19.6. The molecule has 3 rings (SSSR count). The molecule has 4 nitrogen and oxygen atoms in total. The Hall–Kier alpha value is -2.14. The number of rotatable bonds is 4. The number of amides is 1. The van der Waals surface area contributed by atoms with Crippen molar-refractivity contribution >= 4 is 29.1 Å². The molecule has 0 saturated carbocycles. The molecular formula is C22H29N3OS. The van der Waals surface area contributed by atoms with Gasteiger partial charge in [0.25, 0.3) is 5.91 Å². The van der Waals surface area contributed by atoms with Crippen LogP contribution in [-0.4, -0.2) is 23.7 Å². The molecule has 1 atom stereocenters. The molecular weight excluding hydrogens is 354 g/mol. The van der Waals surface area contributed by atoms with Gasteiger partial charge in [0, 0.05) is 17.3 Å². The number of aryl methyl sites for hydroxylation is 1. The molecule has 0 spiro atoms. The largest absolute Gasteiger partial charge is 0.364 e. The fourth-order valence-corrected chi connectivity index (χ4v) is 4.97. The molecule has 0 unspecified atom stereocenters. The number of hydrogen-bond donors (Lipinski definition) is 1. The standard InChI is InChI=1S/C22H29N3OS/c1-14(2)25-19-10-15(3)17(11-18(19)16(4)12-22(25,5)6)13-23-24-21(26)20-8-7-9-27-20/h7-11,13-14,16H,12H2,1-6H3,(H,24,26)/b23-13+/t16-/m1/s1. The molecule has 1 aromatic heterocycles. The van der Waals surface area contributed by atoms with Gasteiger partial charge in [-0.1, -0.05) is 13.0 Å². The van der Waals surface area contributed by atoms with Gasteiger partial charge >= 0.3 is 0 Å². The van der Waals surface area contributed by atoms with Gasteiger partial charge in [-0.05, 0) is 87.2 Å². The molecule has 1 aliphatic heterocycles.